The Balaban J connectivity index is 1.87. The highest BCUT2D eigenvalue weighted by molar-refractivity contribution is 4.78. The van der Waals surface area contributed by atoms with Crippen molar-refractivity contribution in [3.05, 3.63) is 12.7 Å². The van der Waals surface area contributed by atoms with Crippen LogP contribution in [-0.4, -0.2) is 20.8 Å². The summed E-state index contributed by atoms with van der Waals surface area (Å²) in [5, 5.41) is 4.05. The number of nitrogens with zero attached hydrogens (tertiary/aromatic N) is 3. The molecule has 2 N–H and O–H groups in total. The zero-order valence-corrected chi connectivity index (χ0v) is 7.76. The number of aromatic nitrogens is 3. The second-order valence-corrected chi connectivity index (χ2v) is 3.83. The van der Waals surface area contributed by atoms with E-state index in [1.54, 1.807) is 12.7 Å². The first-order chi connectivity index (χ1) is 6.36. The molecule has 0 spiro atoms. The Morgan fingerprint density at radius 2 is 2.23 bits per heavy atom. The van der Waals surface area contributed by atoms with Crippen molar-refractivity contribution in [1.82, 2.24) is 14.8 Å². The van der Waals surface area contributed by atoms with Gasteiger partial charge in [-0.1, -0.05) is 12.8 Å². The average Bonchev–Trinajstić information content (AvgIpc) is 2.74. The molecule has 0 amide bonds. The summed E-state index contributed by atoms with van der Waals surface area (Å²) in [7, 11) is 0. The smallest absolute Gasteiger partial charge is 0.137 e. The monoisotopic (exact) mass is 180 g/mol. The number of nitrogens with two attached hydrogens (primary N) is 1. The minimum absolute atomic E-state index is 0.254. The molecule has 0 saturated heterocycles. The quantitative estimate of drug-likeness (QED) is 0.748. The van der Waals surface area contributed by atoms with Crippen LogP contribution in [0.15, 0.2) is 12.7 Å². The molecule has 1 aromatic heterocycles. The summed E-state index contributed by atoms with van der Waals surface area (Å²) >= 11 is 0. The molecule has 0 radical (unpaired) electrons. The van der Waals surface area contributed by atoms with Crippen molar-refractivity contribution in [1.29, 1.82) is 0 Å². The van der Waals surface area contributed by atoms with Crippen molar-refractivity contribution in [3.63, 3.8) is 0 Å². The van der Waals surface area contributed by atoms with E-state index in [0.29, 0.717) is 5.92 Å². The maximum Gasteiger partial charge on any atom is 0.137 e. The Labute approximate surface area is 78.1 Å². The van der Waals surface area contributed by atoms with E-state index in [0.717, 1.165) is 6.54 Å². The molecule has 4 nitrogen and oxygen atoms in total. The maximum atomic E-state index is 6.08. The molecule has 72 valence electrons. The van der Waals surface area contributed by atoms with E-state index in [-0.39, 0.29) is 6.04 Å². The van der Waals surface area contributed by atoms with E-state index in [9.17, 15) is 0 Å². The molecule has 1 aliphatic rings. The van der Waals surface area contributed by atoms with E-state index in [1.165, 1.54) is 25.7 Å². The number of hydrogen-bond acceptors (Lipinski definition) is 3. The van der Waals surface area contributed by atoms with E-state index >= 15 is 0 Å². The number of hydrogen-bond donors (Lipinski definition) is 1. The molecular formula is C9H16N4. The van der Waals surface area contributed by atoms with Crippen LogP contribution in [-0.2, 0) is 6.54 Å². The van der Waals surface area contributed by atoms with Gasteiger partial charge in [0.2, 0.25) is 0 Å². The number of rotatable bonds is 3. The lowest BCUT2D eigenvalue weighted by Crippen LogP contribution is -2.33. The summed E-state index contributed by atoms with van der Waals surface area (Å²) in [4.78, 5) is 3.90. The minimum Gasteiger partial charge on any atom is -0.326 e. The third-order valence-corrected chi connectivity index (χ3v) is 2.87. The molecule has 1 heterocycles. The summed E-state index contributed by atoms with van der Waals surface area (Å²) in [6.07, 6.45) is 8.55. The van der Waals surface area contributed by atoms with Crippen LogP contribution in [0.4, 0.5) is 0 Å². The topological polar surface area (TPSA) is 56.7 Å². The molecule has 1 aromatic rings. The van der Waals surface area contributed by atoms with Gasteiger partial charge in [-0.15, -0.1) is 0 Å². The lowest BCUT2D eigenvalue weighted by Gasteiger charge is -2.17. The van der Waals surface area contributed by atoms with E-state index in [2.05, 4.69) is 10.1 Å². The van der Waals surface area contributed by atoms with Crippen LogP contribution in [0.5, 0.6) is 0 Å². The summed E-state index contributed by atoms with van der Waals surface area (Å²) < 4.78 is 1.82. The van der Waals surface area contributed by atoms with Crippen molar-refractivity contribution >= 4 is 0 Å². The molecule has 1 aliphatic carbocycles. The van der Waals surface area contributed by atoms with Gasteiger partial charge in [0.1, 0.15) is 12.7 Å². The molecular weight excluding hydrogens is 164 g/mol. The van der Waals surface area contributed by atoms with Crippen LogP contribution in [0.25, 0.3) is 0 Å². The summed E-state index contributed by atoms with van der Waals surface area (Å²) in [5.41, 5.74) is 6.08. The molecule has 4 heteroatoms. The lowest BCUT2D eigenvalue weighted by molar-refractivity contribution is 0.373. The Morgan fingerprint density at radius 3 is 2.85 bits per heavy atom. The summed E-state index contributed by atoms with van der Waals surface area (Å²) in [5.74, 6) is 0.698. The van der Waals surface area contributed by atoms with Gasteiger partial charge in [-0.05, 0) is 18.8 Å². The average molecular weight is 180 g/mol. The zero-order valence-electron chi connectivity index (χ0n) is 7.76. The maximum absolute atomic E-state index is 6.08. The standard InChI is InChI=1S/C9H16N4/c10-9(8-3-1-2-4-8)5-13-7-11-6-12-13/h6-9H,1-5,10H2. The highest BCUT2D eigenvalue weighted by Gasteiger charge is 2.22. The molecule has 1 saturated carbocycles. The van der Waals surface area contributed by atoms with Gasteiger partial charge < -0.3 is 5.73 Å². The molecule has 1 unspecified atom stereocenters. The normalized spacial score (nSPS) is 20.7. The Kier molecular flexibility index (Phi) is 2.59. The van der Waals surface area contributed by atoms with Crippen molar-refractivity contribution in [2.75, 3.05) is 0 Å². The molecule has 0 aliphatic heterocycles. The summed E-state index contributed by atoms with van der Waals surface area (Å²) in [6, 6.07) is 0.254. The molecule has 0 bridgehead atoms. The third-order valence-electron chi connectivity index (χ3n) is 2.87. The third kappa shape index (κ3) is 2.06. The molecule has 2 rings (SSSR count). The first-order valence-corrected chi connectivity index (χ1v) is 4.94. The van der Waals surface area contributed by atoms with E-state index in [1.807, 2.05) is 4.68 Å². The molecule has 13 heavy (non-hydrogen) atoms. The van der Waals surface area contributed by atoms with Crippen molar-refractivity contribution in [2.24, 2.45) is 11.7 Å². The van der Waals surface area contributed by atoms with Crippen LogP contribution >= 0.6 is 0 Å². The van der Waals surface area contributed by atoms with Crippen LogP contribution in [0.1, 0.15) is 25.7 Å². The van der Waals surface area contributed by atoms with E-state index in [4.69, 9.17) is 5.73 Å². The largest absolute Gasteiger partial charge is 0.326 e. The van der Waals surface area contributed by atoms with Crippen LogP contribution in [0.3, 0.4) is 0 Å². The highest BCUT2D eigenvalue weighted by Crippen LogP contribution is 2.27. The van der Waals surface area contributed by atoms with Gasteiger partial charge in [-0.3, -0.25) is 4.68 Å². The van der Waals surface area contributed by atoms with Gasteiger partial charge in [-0.25, -0.2) is 4.98 Å². The van der Waals surface area contributed by atoms with Crippen LogP contribution in [0, 0.1) is 5.92 Å². The first kappa shape index (κ1) is 8.69. The van der Waals surface area contributed by atoms with Crippen LogP contribution < -0.4 is 5.73 Å². The fourth-order valence-corrected chi connectivity index (χ4v) is 2.08. The highest BCUT2D eigenvalue weighted by atomic mass is 15.3. The van der Waals surface area contributed by atoms with Crippen molar-refractivity contribution < 1.29 is 0 Å². The van der Waals surface area contributed by atoms with Gasteiger partial charge in [0, 0.05) is 6.04 Å². The predicted molar refractivity (Wildman–Crippen MR) is 50.0 cm³/mol. The molecule has 0 aromatic carbocycles. The minimum atomic E-state index is 0.254. The molecule has 1 fully saturated rings. The van der Waals surface area contributed by atoms with E-state index < -0.39 is 0 Å². The Morgan fingerprint density at radius 1 is 1.46 bits per heavy atom. The molecule has 1 atom stereocenters. The second-order valence-electron chi connectivity index (χ2n) is 3.83. The van der Waals surface area contributed by atoms with Gasteiger partial charge in [0.05, 0.1) is 6.54 Å². The second kappa shape index (κ2) is 3.87. The summed E-state index contributed by atoms with van der Waals surface area (Å²) in [6.45, 7) is 0.810. The Hall–Kier alpha value is -0.900. The van der Waals surface area contributed by atoms with Crippen LogP contribution in [0.2, 0.25) is 0 Å². The fourth-order valence-electron chi connectivity index (χ4n) is 2.08. The SMILES string of the molecule is NC(Cn1cncn1)C1CCCC1. The fraction of sp³-hybridized carbons (Fsp3) is 0.778. The van der Waals surface area contributed by atoms with Gasteiger partial charge in [-0.2, -0.15) is 5.10 Å². The lowest BCUT2D eigenvalue weighted by atomic mass is 9.99. The predicted octanol–water partition coefficient (Wildman–Crippen LogP) is 0.796. The van der Waals surface area contributed by atoms with Crippen molar-refractivity contribution in [3.8, 4) is 0 Å². The zero-order chi connectivity index (χ0) is 9.10. The van der Waals surface area contributed by atoms with Gasteiger partial charge >= 0.3 is 0 Å². The Bertz CT molecular complexity index is 238. The van der Waals surface area contributed by atoms with Gasteiger partial charge in [0.25, 0.3) is 0 Å². The van der Waals surface area contributed by atoms with Gasteiger partial charge in [0.15, 0.2) is 0 Å². The van der Waals surface area contributed by atoms with Crippen molar-refractivity contribution in [2.45, 2.75) is 38.3 Å². The first-order valence-electron chi connectivity index (χ1n) is 4.94.